The van der Waals surface area contributed by atoms with Gasteiger partial charge in [0.2, 0.25) is 11.9 Å². The molecular formula is C26H28BN5O3. The SMILES string of the molecule is Cc1cc2c(C(N)=O)cccc2n1-c1nc2c(c(NCc3cccc(B(O)O)c3)n1)CCCCC2. The van der Waals surface area contributed by atoms with Crippen LogP contribution in [-0.4, -0.2) is 37.6 Å². The van der Waals surface area contributed by atoms with Gasteiger partial charge in [-0.3, -0.25) is 9.36 Å². The quantitative estimate of drug-likeness (QED) is 0.254. The zero-order chi connectivity index (χ0) is 24.5. The maximum Gasteiger partial charge on any atom is 0.488 e. The van der Waals surface area contributed by atoms with E-state index in [-0.39, 0.29) is 0 Å². The second kappa shape index (κ2) is 9.52. The third-order valence-electron chi connectivity index (χ3n) is 6.63. The molecule has 1 aliphatic rings. The Morgan fingerprint density at radius 1 is 1.09 bits per heavy atom. The largest absolute Gasteiger partial charge is 0.488 e. The highest BCUT2D eigenvalue weighted by Gasteiger charge is 2.21. The lowest BCUT2D eigenvalue weighted by molar-refractivity contribution is 0.100. The molecule has 9 heteroatoms. The fourth-order valence-corrected chi connectivity index (χ4v) is 4.90. The van der Waals surface area contributed by atoms with E-state index in [1.165, 1.54) is 0 Å². The Morgan fingerprint density at radius 3 is 2.69 bits per heavy atom. The molecule has 0 radical (unpaired) electrons. The van der Waals surface area contributed by atoms with Crippen LogP contribution >= 0.6 is 0 Å². The standard InChI is InChI=1S/C26H28BN5O3/c1-16-13-21-19(24(28)33)10-6-12-23(21)32(16)26-30-22-11-4-2-3-9-20(22)25(31-26)29-15-17-7-5-8-18(14-17)27(34)35/h5-8,10,12-14,34-35H,2-4,9,11,15H2,1H3,(H2,28,33)(H,29,30,31). The van der Waals surface area contributed by atoms with Gasteiger partial charge in [-0.25, -0.2) is 4.98 Å². The minimum Gasteiger partial charge on any atom is -0.423 e. The van der Waals surface area contributed by atoms with E-state index in [1.807, 2.05) is 41.8 Å². The zero-order valence-electron chi connectivity index (χ0n) is 19.7. The number of nitrogens with one attached hydrogen (secondary N) is 1. The van der Waals surface area contributed by atoms with Crippen molar-refractivity contribution >= 4 is 35.2 Å². The number of anilines is 1. The highest BCUT2D eigenvalue weighted by Crippen LogP contribution is 2.30. The molecule has 0 spiro atoms. The summed E-state index contributed by atoms with van der Waals surface area (Å²) in [5.74, 6) is 0.879. The molecule has 2 aromatic heterocycles. The molecule has 0 unspecified atom stereocenters. The Kier molecular flexibility index (Phi) is 6.28. The Balaban J connectivity index is 1.59. The van der Waals surface area contributed by atoms with Crippen molar-refractivity contribution in [1.82, 2.24) is 14.5 Å². The van der Waals surface area contributed by atoms with Gasteiger partial charge in [-0.2, -0.15) is 4.98 Å². The van der Waals surface area contributed by atoms with Crippen molar-refractivity contribution < 1.29 is 14.8 Å². The maximum absolute atomic E-state index is 12.0. The van der Waals surface area contributed by atoms with Gasteiger partial charge < -0.3 is 21.1 Å². The predicted molar refractivity (Wildman–Crippen MR) is 137 cm³/mol. The van der Waals surface area contributed by atoms with Crippen molar-refractivity contribution in [3.63, 3.8) is 0 Å². The number of hydrogen-bond acceptors (Lipinski definition) is 6. The molecule has 4 aromatic rings. The molecule has 0 fully saturated rings. The van der Waals surface area contributed by atoms with Gasteiger partial charge in [-0.15, -0.1) is 0 Å². The van der Waals surface area contributed by atoms with Gasteiger partial charge in [-0.1, -0.05) is 36.8 Å². The molecule has 0 aliphatic heterocycles. The van der Waals surface area contributed by atoms with E-state index in [2.05, 4.69) is 5.32 Å². The molecule has 35 heavy (non-hydrogen) atoms. The molecule has 0 atom stereocenters. The predicted octanol–water partition coefficient (Wildman–Crippen LogP) is 2.39. The molecule has 1 aliphatic carbocycles. The van der Waals surface area contributed by atoms with Crippen LogP contribution in [0.5, 0.6) is 0 Å². The Morgan fingerprint density at radius 2 is 1.89 bits per heavy atom. The molecule has 1 amide bonds. The average molecular weight is 469 g/mol. The van der Waals surface area contributed by atoms with Crippen LogP contribution < -0.4 is 16.5 Å². The lowest BCUT2D eigenvalue weighted by Crippen LogP contribution is -2.30. The summed E-state index contributed by atoms with van der Waals surface area (Å²) in [4.78, 5) is 21.9. The number of aryl methyl sites for hydroxylation is 2. The first-order valence-corrected chi connectivity index (χ1v) is 11.9. The fraction of sp³-hybridized carbons (Fsp3) is 0.269. The number of fused-ring (bicyclic) bond motifs is 2. The second-order valence-corrected chi connectivity index (χ2v) is 9.05. The van der Waals surface area contributed by atoms with Crippen LogP contribution in [0.1, 0.15) is 52.1 Å². The topological polar surface area (TPSA) is 126 Å². The number of hydrogen-bond donors (Lipinski definition) is 4. The first kappa shape index (κ1) is 23.1. The third-order valence-corrected chi connectivity index (χ3v) is 6.63. The highest BCUT2D eigenvalue weighted by atomic mass is 16.4. The third kappa shape index (κ3) is 4.52. The van der Waals surface area contributed by atoms with Crippen LogP contribution in [0.4, 0.5) is 5.82 Å². The number of carbonyl (C=O) groups excluding carboxylic acids is 1. The van der Waals surface area contributed by atoms with Crippen molar-refractivity contribution in [2.75, 3.05) is 5.32 Å². The number of benzene rings is 2. The van der Waals surface area contributed by atoms with E-state index in [4.69, 9.17) is 15.7 Å². The van der Waals surface area contributed by atoms with Crippen LogP contribution in [0.25, 0.3) is 16.9 Å². The number of amides is 1. The minimum absolute atomic E-state index is 0.450. The molecule has 178 valence electrons. The molecule has 8 nitrogen and oxygen atoms in total. The van der Waals surface area contributed by atoms with Crippen LogP contribution in [0.15, 0.2) is 48.5 Å². The summed E-state index contributed by atoms with van der Waals surface area (Å²) < 4.78 is 1.97. The van der Waals surface area contributed by atoms with Crippen molar-refractivity contribution in [2.24, 2.45) is 5.73 Å². The van der Waals surface area contributed by atoms with Gasteiger partial charge in [0, 0.05) is 28.8 Å². The molecule has 2 aromatic carbocycles. The average Bonchev–Trinajstić information content (AvgIpc) is 3.00. The molecule has 5 N–H and O–H groups in total. The van der Waals surface area contributed by atoms with Gasteiger partial charge in [0.25, 0.3) is 0 Å². The van der Waals surface area contributed by atoms with Gasteiger partial charge >= 0.3 is 7.12 Å². The Hall–Kier alpha value is -3.69. The van der Waals surface area contributed by atoms with E-state index in [0.717, 1.165) is 71.3 Å². The number of aromatic nitrogens is 3. The smallest absolute Gasteiger partial charge is 0.423 e. The number of nitrogens with two attached hydrogens (primary N) is 1. The minimum atomic E-state index is -1.51. The van der Waals surface area contributed by atoms with Crippen molar-refractivity contribution in [2.45, 2.75) is 45.6 Å². The molecule has 5 rings (SSSR count). The summed E-state index contributed by atoms with van der Waals surface area (Å²) in [7, 11) is -1.51. The summed E-state index contributed by atoms with van der Waals surface area (Å²) >= 11 is 0. The zero-order valence-corrected chi connectivity index (χ0v) is 19.7. The summed E-state index contributed by atoms with van der Waals surface area (Å²) in [6.07, 6.45) is 5.11. The molecule has 0 bridgehead atoms. The van der Waals surface area contributed by atoms with Crippen molar-refractivity contribution in [3.05, 3.63) is 76.6 Å². The second-order valence-electron chi connectivity index (χ2n) is 9.05. The summed E-state index contributed by atoms with van der Waals surface area (Å²) in [6.45, 7) is 2.46. The Labute approximate surface area is 204 Å². The van der Waals surface area contributed by atoms with E-state index < -0.39 is 13.0 Å². The van der Waals surface area contributed by atoms with E-state index >= 15 is 0 Å². The maximum atomic E-state index is 12.0. The van der Waals surface area contributed by atoms with Crippen molar-refractivity contribution in [1.29, 1.82) is 0 Å². The molecule has 0 saturated carbocycles. The van der Waals surface area contributed by atoms with Crippen molar-refractivity contribution in [3.8, 4) is 5.95 Å². The van der Waals surface area contributed by atoms with E-state index in [9.17, 15) is 14.8 Å². The van der Waals surface area contributed by atoms with E-state index in [0.29, 0.717) is 23.5 Å². The number of rotatable bonds is 6. The molecular weight excluding hydrogens is 441 g/mol. The number of primary amides is 1. The van der Waals surface area contributed by atoms with Gasteiger partial charge in [0.1, 0.15) is 5.82 Å². The highest BCUT2D eigenvalue weighted by molar-refractivity contribution is 6.58. The molecule has 2 heterocycles. The van der Waals surface area contributed by atoms with Gasteiger partial charge in [-0.05, 0) is 61.8 Å². The lowest BCUT2D eigenvalue weighted by Gasteiger charge is -2.17. The van der Waals surface area contributed by atoms with Gasteiger partial charge in [0.15, 0.2) is 0 Å². The lowest BCUT2D eigenvalue weighted by atomic mass is 9.79. The van der Waals surface area contributed by atoms with Crippen LogP contribution in [0.2, 0.25) is 0 Å². The van der Waals surface area contributed by atoms with Gasteiger partial charge in [0.05, 0.1) is 11.2 Å². The Bertz CT molecular complexity index is 1420. The first-order chi connectivity index (χ1) is 16.9. The van der Waals surface area contributed by atoms with E-state index in [1.54, 1.807) is 18.2 Å². The van der Waals surface area contributed by atoms with Crippen LogP contribution in [-0.2, 0) is 19.4 Å². The van der Waals surface area contributed by atoms with Crippen LogP contribution in [0.3, 0.4) is 0 Å². The first-order valence-electron chi connectivity index (χ1n) is 11.9. The monoisotopic (exact) mass is 469 g/mol. The fourth-order valence-electron chi connectivity index (χ4n) is 4.90. The summed E-state index contributed by atoms with van der Waals surface area (Å²) in [5.41, 5.74) is 11.4. The summed E-state index contributed by atoms with van der Waals surface area (Å²) in [6, 6.07) is 14.7. The molecule has 0 saturated heterocycles. The normalized spacial score (nSPS) is 13.3. The number of carbonyl (C=O) groups is 1. The van der Waals surface area contributed by atoms with Crippen LogP contribution in [0, 0.1) is 6.92 Å². The number of nitrogens with zero attached hydrogens (tertiary/aromatic N) is 3. The summed E-state index contributed by atoms with van der Waals surface area (Å²) in [5, 5.41) is 23.3.